The lowest BCUT2D eigenvalue weighted by molar-refractivity contribution is -0.114. The van der Waals surface area contributed by atoms with Crippen LogP contribution in [-0.4, -0.2) is 18.9 Å². The van der Waals surface area contributed by atoms with Crippen molar-refractivity contribution in [2.75, 3.05) is 17.7 Å². The lowest BCUT2D eigenvalue weighted by Crippen LogP contribution is -2.10. The molecule has 0 aliphatic carbocycles. The van der Waals surface area contributed by atoms with Gasteiger partial charge in [0.1, 0.15) is 11.3 Å². The maximum atomic E-state index is 12.8. The van der Waals surface area contributed by atoms with Crippen molar-refractivity contribution in [1.29, 1.82) is 0 Å². The van der Waals surface area contributed by atoms with Gasteiger partial charge >= 0.3 is 0 Å². The summed E-state index contributed by atoms with van der Waals surface area (Å²) in [7, 11) is 1.61. The molecule has 35 heavy (non-hydrogen) atoms. The fourth-order valence-electron chi connectivity index (χ4n) is 4.16. The van der Waals surface area contributed by atoms with Crippen molar-refractivity contribution < 1.29 is 18.7 Å². The molecule has 0 aliphatic heterocycles. The summed E-state index contributed by atoms with van der Waals surface area (Å²) in [6, 6.07) is 17.3. The van der Waals surface area contributed by atoms with Crippen LogP contribution in [0.4, 0.5) is 11.4 Å². The van der Waals surface area contributed by atoms with E-state index in [1.54, 1.807) is 43.7 Å². The highest BCUT2D eigenvalue weighted by Gasteiger charge is 2.19. The van der Waals surface area contributed by atoms with Crippen molar-refractivity contribution in [2.24, 2.45) is 0 Å². The van der Waals surface area contributed by atoms with Gasteiger partial charge in [-0.25, -0.2) is 0 Å². The first-order chi connectivity index (χ1) is 16.8. The molecule has 178 valence electrons. The Morgan fingerprint density at radius 1 is 0.943 bits per heavy atom. The van der Waals surface area contributed by atoms with E-state index in [2.05, 4.69) is 41.8 Å². The monoisotopic (exact) mass is 468 g/mol. The molecule has 0 spiro atoms. The molecule has 0 unspecified atom stereocenters. The van der Waals surface area contributed by atoms with Crippen LogP contribution in [0.5, 0.6) is 5.75 Å². The van der Waals surface area contributed by atoms with Crippen LogP contribution in [0.2, 0.25) is 0 Å². The van der Waals surface area contributed by atoms with Gasteiger partial charge in [0.25, 0.3) is 0 Å². The van der Waals surface area contributed by atoms with E-state index >= 15 is 0 Å². The standard InChI is InChI=1S/C29H28N2O4/c1-17-9-11-21(12-10-17)26-16-35-29-19(3)28(34-5)24(15-25(26)29)18(2)13-27(33)31-23-8-6-7-22(14-23)30-20(4)32/h6-16H,1-5H3,(H,30,32)(H,31,33)/b18-13+. The minimum absolute atomic E-state index is 0.175. The van der Waals surface area contributed by atoms with Gasteiger partial charge in [-0.1, -0.05) is 35.9 Å². The summed E-state index contributed by atoms with van der Waals surface area (Å²) in [6.07, 6.45) is 3.30. The summed E-state index contributed by atoms with van der Waals surface area (Å²) >= 11 is 0. The van der Waals surface area contributed by atoms with Crippen molar-refractivity contribution in [3.63, 3.8) is 0 Å². The molecule has 6 heteroatoms. The summed E-state index contributed by atoms with van der Waals surface area (Å²) in [6.45, 7) is 7.32. The fourth-order valence-corrected chi connectivity index (χ4v) is 4.16. The smallest absolute Gasteiger partial charge is 0.248 e. The van der Waals surface area contributed by atoms with Crippen LogP contribution in [-0.2, 0) is 9.59 Å². The highest BCUT2D eigenvalue weighted by atomic mass is 16.5. The number of rotatable bonds is 6. The van der Waals surface area contributed by atoms with Gasteiger partial charge in [0.05, 0.1) is 13.4 Å². The van der Waals surface area contributed by atoms with Crippen molar-refractivity contribution in [1.82, 2.24) is 0 Å². The fraction of sp³-hybridized carbons (Fsp3) is 0.172. The quantitative estimate of drug-likeness (QED) is 0.308. The number of fused-ring (bicyclic) bond motifs is 1. The van der Waals surface area contributed by atoms with Gasteiger partial charge in [0, 0.05) is 46.5 Å². The lowest BCUT2D eigenvalue weighted by Gasteiger charge is -2.13. The molecule has 4 rings (SSSR count). The molecule has 4 aromatic rings. The number of carbonyl (C=O) groups excluding carboxylic acids is 2. The number of furan rings is 1. The minimum Gasteiger partial charge on any atom is -0.496 e. The Labute approximate surface area is 204 Å². The van der Waals surface area contributed by atoms with E-state index in [-0.39, 0.29) is 11.8 Å². The van der Waals surface area contributed by atoms with Crippen LogP contribution in [0.25, 0.3) is 27.7 Å². The Morgan fingerprint density at radius 3 is 2.29 bits per heavy atom. The number of nitrogens with one attached hydrogen (secondary N) is 2. The van der Waals surface area contributed by atoms with E-state index in [0.29, 0.717) is 17.1 Å². The Kier molecular flexibility index (Phi) is 6.73. The van der Waals surface area contributed by atoms with E-state index in [1.807, 2.05) is 19.9 Å². The molecular formula is C29H28N2O4. The molecule has 0 bridgehead atoms. The molecule has 6 nitrogen and oxygen atoms in total. The SMILES string of the molecule is COc1c(/C(C)=C/C(=O)Nc2cccc(NC(C)=O)c2)cc2c(-c3ccc(C)cc3)coc2c1C. The second kappa shape index (κ2) is 9.89. The van der Waals surface area contributed by atoms with E-state index < -0.39 is 0 Å². The molecule has 1 heterocycles. The van der Waals surface area contributed by atoms with Crippen LogP contribution < -0.4 is 15.4 Å². The summed E-state index contributed by atoms with van der Waals surface area (Å²) in [5.41, 5.74) is 7.62. The second-order valence-corrected chi connectivity index (χ2v) is 8.55. The van der Waals surface area contributed by atoms with Crippen molar-refractivity contribution >= 4 is 39.7 Å². The summed E-state index contributed by atoms with van der Waals surface area (Å²) in [5.74, 6) is 0.205. The van der Waals surface area contributed by atoms with Gasteiger partial charge in [-0.3, -0.25) is 9.59 Å². The summed E-state index contributed by atoms with van der Waals surface area (Å²) in [4.78, 5) is 24.1. The number of aryl methyl sites for hydroxylation is 2. The summed E-state index contributed by atoms with van der Waals surface area (Å²) in [5, 5.41) is 6.53. The molecule has 3 aromatic carbocycles. The molecular weight excluding hydrogens is 440 g/mol. The molecule has 0 fully saturated rings. The van der Waals surface area contributed by atoms with Gasteiger partial charge < -0.3 is 19.8 Å². The van der Waals surface area contributed by atoms with Crippen LogP contribution >= 0.6 is 0 Å². The van der Waals surface area contributed by atoms with E-state index in [0.717, 1.165) is 38.8 Å². The number of carbonyl (C=O) groups is 2. The molecule has 2 amide bonds. The summed E-state index contributed by atoms with van der Waals surface area (Å²) < 4.78 is 11.6. The Morgan fingerprint density at radius 2 is 1.63 bits per heavy atom. The largest absolute Gasteiger partial charge is 0.496 e. The Hall–Kier alpha value is -4.32. The Bertz CT molecular complexity index is 1450. The zero-order valence-electron chi connectivity index (χ0n) is 20.5. The zero-order valence-corrected chi connectivity index (χ0v) is 20.5. The highest BCUT2D eigenvalue weighted by Crippen LogP contribution is 2.40. The average molecular weight is 469 g/mol. The number of ether oxygens (including phenoxy) is 1. The molecule has 2 N–H and O–H groups in total. The van der Waals surface area contributed by atoms with Gasteiger partial charge in [-0.05, 0) is 56.2 Å². The van der Waals surface area contributed by atoms with E-state index in [9.17, 15) is 9.59 Å². The number of amides is 2. The topological polar surface area (TPSA) is 80.6 Å². The highest BCUT2D eigenvalue weighted by molar-refractivity contribution is 6.06. The normalized spacial score (nSPS) is 11.4. The maximum Gasteiger partial charge on any atom is 0.248 e. The third-order valence-corrected chi connectivity index (χ3v) is 5.83. The molecule has 0 aliphatic rings. The van der Waals surface area contributed by atoms with Gasteiger partial charge in [0.15, 0.2) is 0 Å². The number of hydrogen-bond acceptors (Lipinski definition) is 4. The number of allylic oxidation sites excluding steroid dienone is 1. The van der Waals surface area contributed by atoms with E-state index in [4.69, 9.17) is 9.15 Å². The predicted molar refractivity (Wildman–Crippen MR) is 141 cm³/mol. The van der Waals surface area contributed by atoms with Crippen molar-refractivity contribution in [3.8, 4) is 16.9 Å². The number of methoxy groups -OCH3 is 1. The third-order valence-electron chi connectivity index (χ3n) is 5.83. The van der Waals surface area contributed by atoms with E-state index in [1.165, 1.54) is 12.5 Å². The second-order valence-electron chi connectivity index (χ2n) is 8.55. The first kappa shape index (κ1) is 23.8. The molecule has 0 atom stereocenters. The molecule has 1 aromatic heterocycles. The maximum absolute atomic E-state index is 12.8. The predicted octanol–water partition coefficient (Wildman–Crippen LogP) is 6.73. The van der Waals surface area contributed by atoms with Crippen molar-refractivity contribution in [3.05, 3.63) is 83.6 Å². The zero-order chi connectivity index (χ0) is 25.1. The number of anilines is 2. The van der Waals surface area contributed by atoms with Crippen LogP contribution in [0.1, 0.15) is 30.5 Å². The first-order valence-electron chi connectivity index (χ1n) is 11.3. The lowest BCUT2D eigenvalue weighted by atomic mass is 9.96. The van der Waals surface area contributed by atoms with Gasteiger partial charge in [-0.2, -0.15) is 0 Å². The van der Waals surface area contributed by atoms with Gasteiger partial charge in [0.2, 0.25) is 11.8 Å². The average Bonchev–Trinajstić information content (AvgIpc) is 3.23. The Balaban J connectivity index is 1.69. The third kappa shape index (κ3) is 5.11. The molecule has 0 saturated heterocycles. The van der Waals surface area contributed by atoms with Crippen LogP contribution in [0, 0.1) is 13.8 Å². The first-order valence-corrected chi connectivity index (χ1v) is 11.3. The van der Waals surface area contributed by atoms with Gasteiger partial charge in [-0.15, -0.1) is 0 Å². The minimum atomic E-state index is -0.284. The molecule has 0 radical (unpaired) electrons. The number of hydrogen-bond donors (Lipinski definition) is 2. The van der Waals surface area contributed by atoms with Crippen LogP contribution in [0.15, 0.2) is 71.4 Å². The molecule has 0 saturated carbocycles. The van der Waals surface area contributed by atoms with Crippen LogP contribution in [0.3, 0.4) is 0 Å². The van der Waals surface area contributed by atoms with Crippen molar-refractivity contribution in [2.45, 2.75) is 27.7 Å². The number of benzene rings is 3.